The van der Waals surface area contributed by atoms with Crippen molar-refractivity contribution in [2.45, 2.75) is 26.3 Å². The van der Waals surface area contributed by atoms with Crippen LogP contribution in [0.15, 0.2) is 24.4 Å². The number of anilines is 1. The summed E-state index contributed by atoms with van der Waals surface area (Å²) < 4.78 is 0. The molecule has 0 amide bonds. The van der Waals surface area contributed by atoms with E-state index in [2.05, 4.69) is 10.3 Å². The Hall–Kier alpha value is -2.55. The second-order valence-corrected chi connectivity index (χ2v) is 5.75. The number of benzene rings is 1. The zero-order valence-corrected chi connectivity index (χ0v) is 12.8. The fraction of sp³-hybridized carbons (Fsp3) is 0.308. The summed E-state index contributed by atoms with van der Waals surface area (Å²) in [7, 11) is 0. The Bertz CT molecular complexity index is 716. The van der Waals surface area contributed by atoms with Crippen LogP contribution in [0.2, 0.25) is 0 Å². The molecule has 1 unspecified atom stereocenters. The van der Waals surface area contributed by atoms with E-state index < -0.39 is 9.85 Å². The van der Waals surface area contributed by atoms with Gasteiger partial charge in [-0.1, -0.05) is 6.92 Å². The highest BCUT2D eigenvalue weighted by atomic mass is 32.1. The van der Waals surface area contributed by atoms with Crippen molar-refractivity contribution < 1.29 is 9.85 Å². The van der Waals surface area contributed by atoms with Crippen molar-refractivity contribution in [3.63, 3.8) is 0 Å². The maximum Gasteiger partial charge on any atom is 0.299 e. The van der Waals surface area contributed by atoms with Crippen LogP contribution in [0.5, 0.6) is 0 Å². The molecule has 2 aromatic rings. The minimum atomic E-state index is -0.658. The van der Waals surface area contributed by atoms with Gasteiger partial charge in [0.25, 0.3) is 11.4 Å². The lowest BCUT2D eigenvalue weighted by molar-refractivity contribution is -0.393. The molecule has 0 spiro atoms. The number of aromatic nitrogens is 1. The molecule has 0 fully saturated rings. The lowest BCUT2D eigenvalue weighted by Crippen LogP contribution is -2.08. The molecule has 0 aliphatic rings. The topological polar surface area (TPSA) is 111 Å². The van der Waals surface area contributed by atoms with Crippen LogP contribution in [0, 0.1) is 20.2 Å². The van der Waals surface area contributed by atoms with Crippen molar-refractivity contribution in [3.8, 4) is 0 Å². The van der Waals surface area contributed by atoms with Gasteiger partial charge in [-0.15, -0.1) is 11.3 Å². The molecule has 1 heterocycles. The molecule has 1 atom stereocenters. The Morgan fingerprint density at radius 1 is 1.32 bits per heavy atom. The molecule has 1 aromatic carbocycles. The SMILES string of the molecule is CCc1cnc(C(C)Nc2ccc([N+](=O)[O-])cc2[N+](=O)[O-])s1. The van der Waals surface area contributed by atoms with E-state index in [1.165, 1.54) is 23.5 Å². The number of rotatable bonds is 6. The van der Waals surface area contributed by atoms with Crippen LogP contribution in [-0.2, 0) is 6.42 Å². The third-order valence-corrected chi connectivity index (χ3v) is 4.38. The minimum Gasteiger partial charge on any atom is -0.371 e. The Morgan fingerprint density at radius 3 is 2.59 bits per heavy atom. The van der Waals surface area contributed by atoms with Crippen LogP contribution in [0.4, 0.5) is 17.1 Å². The van der Waals surface area contributed by atoms with Crippen molar-refractivity contribution in [2.24, 2.45) is 0 Å². The monoisotopic (exact) mass is 322 g/mol. The number of non-ortho nitro benzene ring substituents is 1. The quantitative estimate of drug-likeness (QED) is 0.641. The van der Waals surface area contributed by atoms with E-state index in [0.717, 1.165) is 22.4 Å². The lowest BCUT2D eigenvalue weighted by atomic mass is 10.2. The molecule has 8 nitrogen and oxygen atoms in total. The zero-order chi connectivity index (χ0) is 16.3. The number of nitrogens with one attached hydrogen (secondary N) is 1. The Labute approximate surface area is 130 Å². The van der Waals surface area contributed by atoms with Gasteiger partial charge in [-0.05, 0) is 19.4 Å². The number of hydrogen-bond acceptors (Lipinski definition) is 7. The summed E-state index contributed by atoms with van der Waals surface area (Å²) in [6.07, 6.45) is 2.66. The van der Waals surface area contributed by atoms with Crippen molar-refractivity contribution in [1.29, 1.82) is 0 Å². The zero-order valence-electron chi connectivity index (χ0n) is 12.0. The summed E-state index contributed by atoms with van der Waals surface area (Å²) in [4.78, 5) is 25.9. The molecule has 22 heavy (non-hydrogen) atoms. The standard InChI is InChI=1S/C13H14N4O4S/c1-3-10-7-14-13(22-10)8(2)15-11-5-4-9(16(18)19)6-12(11)17(20)21/h4-8,15H,3H2,1-2H3. The molecule has 0 saturated heterocycles. The van der Waals surface area contributed by atoms with Gasteiger partial charge in [-0.3, -0.25) is 20.2 Å². The van der Waals surface area contributed by atoms with Gasteiger partial charge in [0.05, 0.1) is 22.0 Å². The molecule has 9 heteroatoms. The summed E-state index contributed by atoms with van der Waals surface area (Å²) in [5.41, 5.74) is -0.405. The Morgan fingerprint density at radius 2 is 2.05 bits per heavy atom. The smallest absolute Gasteiger partial charge is 0.299 e. The molecular weight excluding hydrogens is 308 g/mol. The van der Waals surface area contributed by atoms with Crippen LogP contribution in [0.3, 0.4) is 0 Å². The van der Waals surface area contributed by atoms with Gasteiger partial charge >= 0.3 is 0 Å². The van der Waals surface area contributed by atoms with Gasteiger partial charge in [0.1, 0.15) is 10.7 Å². The number of thiazole rings is 1. The van der Waals surface area contributed by atoms with Gasteiger partial charge < -0.3 is 5.32 Å². The number of nitro benzene ring substituents is 2. The predicted octanol–water partition coefficient (Wildman–Crippen LogP) is 3.70. The van der Waals surface area contributed by atoms with Crippen molar-refractivity contribution in [1.82, 2.24) is 4.98 Å². The van der Waals surface area contributed by atoms with Crippen LogP contribution in [0.25, 0.3) is 0 Å². The molecular formula is C13H14N4O4S. The van der Waals surface area contributed by atoms with Crippen molar-refractivity contribution in [2.75, 3.05) is 5.32 Å². The Balaban J connectivity index is 2.28. The summed E-state index contributed by atoms with van der Waals surface area (Å²) in [5.74, 6) is 0. The van der Waals surface area contributed by atoms with Crippen LogP contribution < -0.4 is 5.32 Å². The van der Waals surface area contributed by atoms with Gasteiger partial charge in [0, 0.05) is 17.1 Å². The first-order valence-electron chi connectivity index (χ1n) is 6.56. The molecule has 1 aromatic heterocycles. The second kappa shape index (κ2) is 6.48. The highest BCUT2D eigenvalue weighted by molar-refractivity contribution is 7.11. The summed E-state index contributed by atoms with van der Waals surface area (Å²) >= 11 is 1.53. The van der Waals surface area contributed by atoms with E-state index in [9.17, 15) is 20.2 Å². The summed E-state index contributed by atoms with van der Waals surface area (Å²) in [5, 5.41) is 25.6. The normalized spacial score (nSPS) is 11.9. The first-order valence-corrected chi connectivity index (χ1v) is 7.38. The van der Waals surface area contributed by atoms with Crippen molar-refractivity contribution in [3.05, 3.63) is 54.5 Å². The molecule has 0 bridgehead atoms. The van der Waals surface area contributed by atoms with Crippen LogP contribution in [-0.4, -0.2) is 14.8 Å². The fourth-order valence-corrected chi connectivity index (χ4v) is 2.75. The van der Waals surface area contributed by atoms with Gasteiger partial charge in [0.15, 0.2) is 0 Å². The van der Waals surface area contributed by atoms with E-state index in [-0.39, 0.29) is 23.1 Å². The highest BCUT2D eigenvalue weighted by Crippen LogP contribution is 2.32. The van der Waals surface area contributed by atoms with Crippen LogP contribution in [0.1, 0.15) is 29.8 Å². The van der Waals surface area contributed by atoms with Crippen molar-refractivity contribution >= 4 is 28.4 Å². The molecule has 2 rings (SSSR count). The first-order chi connectivity index (χ1) is 10.4. The van der Waals surface area contributed by atoms with Crippen LogP contribution >= 0.6 is 11.3 Å². The summed E-state index contributed by atoms with van der Waals surface area (Å²) in [6, 6.07) is 3.31. The number of hydrogen-bond donors (Lipinski definition) is 1. The van der Waals surface area contributed by atoms with E-state index in [0.29, 0.717) is 0 Å². The average Bonchev–Trinajstić information content (AvgIpc) is 2.96. The van der Waals surface area contributed by atoms with E-state index in [1.54, 1.807) is 6.20 Å². The Kier molecular flexibility index (Phi) is 4.66. The fourth-order valence-electron chi connectivity index (χ4n) is 1.89. The lowest BCUT2D eigenvalue weighted by Gasteiger charge is -2.12. The number of aryl methyl sites for hydroxylation is 1. The number of nitro groups is 2. The van der Waals surface area contributed by atoms with E-state index >= 15 is 0 Å². The highest BCUT2D eigenvalue weighted by Gasteiger charge is 2.21. The number of nitrogens with zero attached hydrogens (tertiary/aromatic N) is 3. The maximum absolute atomic E-state index is 11.1. The molecule has 1 N–H and O–H groups in total. The van der Waals surface area contributed by atoms with Gasteiger partial charge in [-0.2, -0.15) is 0 Å². The predicted molar refractivity (Wildman–Crippen MR) is 83.3 cm³/mol. The maximum atomic E-state index is 11.1. The third-order valence-electron chi connectivity index (χ3n) is 3.05. The summed E-state index contributed by atoms with van der Waals surface area (Å²) in [6.45, 7) is 3.86. The average molecular weight is 322 g/mol. The first kappa shape index (κ1) is 15.8. The van der Waals surface area contributed by atoms with Gasteiger partial charge in [0.2, 0.25) is 0 Å². The molecule has 0 radical (unpaired) electrons. The molecule has 116 valence electrons. The van der Waals surface area contributed by atoms with E-state index in [1.807, 2.05) is 13.8 Å². The van der Waals surface area contributed by atoms with Gasteiger partial charge in [-0.25, -0.2) is 4.98 Å². The molecule has 0 saturated carbocycles. The van der Waals surface area contributed by atoms with E-state index in [4.69, 9.17) is 0 Å². The largest absolute Gasteiger partial charge is 0.371 e. The second-order valence-electron chi connectivity index (χ2n) is 4.60. The molecule has 0 aliphatic carbocycles. The third kappa shape index (κ3) is 3.37. The minimum absolute atomic E-state index is 0.231. The molecule has 0 aliphatic heterocycles.